The highest BCUT2D eigenvalue weighted by Gasteiger charge is 2.32. The average Bonchev–Trinajstić information content (AvgIpc) is 3.20. The lowest BCUT2D eigenvalue weighted by atomic mass is 10.2. The summed E-state index contributed by atoms with van der Waals surface area (Å²) in [7, 11) is 0. The third-order valence-corrected chi connectivity index (χ3v) is 4.15. The molecule has 2 aliphatic heterocycles. The Kier molecular flexibility index (Phi) is 5.05. The van der Waals surface area contributed by atoms with Gasteiger partial charge in [0, 0.05) is 32.1 Å². The van der Waals surface area contributed by atoms with E-state index >= 15 is 0 Å². The zero-order chi connectivity index (χ0) is 16.9. The Morgan fingerprint density at radius 2 is 2.17 bits per heavy atom. The molecule has 0 unspecified atom stereocenters. The Morgan fingerprint density at radius 3 is 2.79 bits per heavy atom. The maximum atomic E-state index is 12.7. The predicted molar refractivity (Wildman–Crippen MR) is 83.7 cm³/mol. The average molecular weight is 332 g/mol. The molecule has 8 nitrogen and oxygen atoms in total. The molecule has 4 amide bonds. The number of pyridine rings is 1. The Morgan fingerprint density at radius 1 is 1.38 bits per heavy atom. The smallest absolute Gasteiger partial charge is 0.325 e. The van der Waals surface area contributed by atoms with Crippen LogP contribution < -0.4 is 5.32 Å². The van der Waals surface area contributed by atoms with Gasteiger partial charge in [0.25, 0.3) is 5.91 Å². The molecule has 8 heteroatoms. The van der Waals surface area contributed by atoms with E-state index in [-0.39, 0.29) is 31.0 Å². The molecule has 3 rings (SSSR count). The summed E-state index contributed by atoms with van der Waals surface area (Å²) < 4.78 is 5.62. The molecule has 128 valence electrons. The third-order valence-electron chi connectivity index (χ3n) is 4.15. The zero-order valence-electron chi connectivity index (χ0n) is 13.3. The molecule has 0 aromatic carbocycles. The molecule has 0 bridgehead atoms. The Bertz CT molecular complexity index is 600. The van der Waals surface area contributed by atoms with Gasteiger partial charge in [0.05, 0.1) is 12.6 Å². The highest BCUT2D eigenvalue weighted by atomic mass is 16.5. The number of urea groups is 1. The minimum absolute atomic E-state index is 0.00102. The van der Waals surface area contributed by atoms with Crippen LogP contribution in [0.25, 0.3) is 0 Å². The van der Waals surface area contributed by atoms with Crippen LogP contribution >= 0.6 is 0 Å². The molecule has 2 aliphatic rings. The number of carbonyl (C=O) groups excluding carboxylic acids is 3. The number of imide groups is 1. The molecule has 0 spiro atoms. The molecule has 1 N–H and O–H groups in total. The summed E-state index contributed by atoms with van der Waals surface area (Å²) in [6.45, 7) is 1.25. The largest absolute Gasteiger partial charge is 0.376 e. The summed E-state index contributed by atoms with van der Waals surface area (Å²) in [6, 6.07) is 3.15. The molecule has 24 heavy (non-hydrogen) atoms. The van der Waals surface area contributed by atoms with Crippen LogP contribution in [0.1, 0.15) is 18.4 Å². The maximum Gasteiger partial charge on any atom is 0.325 e. The van der Waals surface area contributed by atoms with Gasteiger partial charge in [-0.05, 0) is 30.5 Å². The van der Waals surface area contributed by atoms with E-state index in [1.807, 2.05) is 12.1 Å². The topological polar surface area (TPSA) is 91.8 Å². The van der Waals surface area contributed by atoms with Gasteiger partial charge in [0.2, 0.25) is 5.91 Å². The van der Waals surface area contributed by atoms with Gasteiger partial charge in [-0.1, -0.05) is 0 Å². The van der Waals surface area contributed by atoms with Crippen LogP contribution in [0.3, 0.4) is 0 Å². The van der Waals surface area contributed by atoms with Crippen LogP contribution in [0.15, 0.2) is 24.5 Å². The lowest BCUT2D eigenvalue weighted by molar-refractivity contribution is -0.138. The standard InChI is InChI=1S/C16H20N4O4/c21-14-8-18-16(23)20(14)11-15(22)19(10-13-2-1-7-24-13)9-12-3-5-17-6-4-12/h3-6,13H,1-2,7-11H2,(H,18,23)/t13-/m0/s1. The highest BCUT2D eigenvalue weighted by Crippen LogP contribution is 2.15. The van der Waals surface area contributed by atoms with Crippen LogP contribution in [-0.2, 0) is 20.9 Å². The molecule has 2 fully saturated rings. The van der Waals surface area contributed by atoms with Gasteiger partial charge >= 0.3 is 6.03 Å². The number of nitrogens with one attached hydrogen (secondary N) is 1. The second-order valence-electron chi connectivity index (χ2n) is 5.90. The maximum absolute atomic E-state index is 12.7. The Labute approximate surface area is 139 Å². The Balaban J connectivity index is 1.68. The van der Waals surface area contributed by atoms with E-state index in [0.717, 1.165) is 23.3 Å². The number of ether oxygens (including phenoxy) is 1. The van der Waals surface area contributed by atoms with E-state index in [0.29, 0.717) is 19.7 Å². The fourth-order valence-electron chi connectivity index (χ4n) is 2.85. The number of amides is 4. The van der Waals surface area contributed by atoms with Crippen LogP contribution in [0, 0.1) is 0 Å². The molecular weight excluding hydrogens is 312 g/mol. The molecule has 0 aliphatic carbocycles. The second-order valence-corrected chi connectivity index (χ2v) is 5.90. The summed E-state index contributed by atoms with van der Waals surface area (Å²) in [5.74, 6) is -0.651. The quantitative estimate of drug-likeness (QED) is 0.748. The number of hydrogen-bond donors (Lipinski definition) is 1. The number of carbonyl (C=O) groups is 3. The van der Waals surface area contributed by atoms with Crippen molar-refractivity contribution in [3.8, 4) is 0 Å². The Hall–Kier alpha value is -2.48. The van der Waals surface area contributed by atoms with Crippen molar-refractivity contribution in [2.75, 3.05) is 26.2 Å². The normalized spacial score (nSPS) is 20.3. The minimum atomic E-state index is -0.519. The summed E-state index contributed by atoms with van der Waals surface area (Å²) in [5.41, 5.74) is 0.938. The molecule has 3 heterocycles. The van der Waals surface area contributed by atoms with E-state index in [1.54, 1.807) is 17.3 Å². The summed E-state index contributed by atoms with van der Waals surface area (Å²) in [5, 5.41) is 2.42. The molecule has 1 aromatic rings. The molecule has 1 atom stereocenters. The first-order valence-electron chi connectivity index (χ1n) is 8.00. The lowest BCUT2D eigenvalue weighted by Crippen LogP contribution is -2.45. The SMILES string of the molecule is O=C(CN1C(=O)CNC1=O)N(Cc1ccncc1)C[C@@H]1CCCO1. The van der Waals surface area contributed by atoms with Crippen LogP contribution in [0.2, 0.25) is 0 Å². The number of hydrogen-bond acceptors (Lipinski definition) is 5. The fraction of sp³-hybridized carbons (Fsp3) is 0.500. The number of rotatable bonds is 6. The first kappa shape index (κ1) is 16.4. The monoisotopic (exact) mass is 332 g/mol. The van der Waals surface area contributed by atoms with Crippen LogP contribution in [0.5, 0.6) is 0 Å². The van der Waals surface area contributed by atoms with Crippen molar-refractivity contribution in [3.63, 3.8) is 0 Å². The first-order valence-corrected chi connectivity index (χ1v) is 8.00. The summed E-state index contributed by atoms with van der Waals surface area (Å²) in [6.07, 6.45) is 5.22. The molecule has 0 saturated carbocycles. The minimum Gasteiger partial charge on any atom is -0.376 e. The first-order chi connectivity index (χ1) is 11.6. The number of aromatic nitrogens is 1. The van der Waals surface area contributed by atoms with Crippen LogP contribution in [-0.4, -0.2) is 65.0 Å². The van der Waals surface area contributed by atoms with Gasteiger partial charge in [-0.3, -0.25) is 19.5 Å². The van der Waals surface area contributed by atoms with Crippen molar-refractivity contribution >= 4 is 17.8 Å². The van der Waals surface area contributed by atoms with Gasteiger partial charge in [0.1, 0.15) is 6.54 Å². The van der Waals surface area contributed by atoms with Gasteiger partial charge in [0.15, 0.2) is 0 Å². The van der Waals surface area contributed by atoms with Crippen molar-refractivity contribution in [1.29, 1.82) is 0 Å². The van der Waals surface area contributed by atoms with Crippen molar-refractivity contribution < 1.29 is 19.1 Å². The van der Waals surface area contributed by atoms with Crippen molar-refractivity contribution in [2.24, 2.45) is 0 Å². The molecule has 2 saturated heterocycles. The fourth-order valence-corrected chi connectivity index (χ4v) is 2.85. The highest BCUT2D eigenvalue weighted by molar-refractivity contribution is 6.04. The predicted octanol–water partition coefficient (Wildman–Crippen LogP) is 0.141. The van der Waals surface area contributed by atoms with E-state index in [1.165, 1.54) is 0 Å². The second kappa shape index (κ2) is 7.39. The lowest BCUT2D eigenvalue weighted by Gasteiger charge is -2.27. The van der Waals surface area contributed by atoms with Gasteiger partial charge < -0.3 is 15.0 Å². The van der Waals surface area contributed by atoms with E-state index in [9.17, 15) is 14.4 Å². The van der Waals surface area contributed by atoms with E-state index < -0.39 is 6.03 Å². The van der Waals surface area contributed by atoms with Gasteiger partial charge in [-0.2, -0.15) is 0 Å². The zero-order valence-corrected chi connectivity index (χ0v) is 13.3. The van der Waals surface area contributed by atoms with Crippen molar-refractivity contribution in [2.45, 2.75) is 25.5 Å². The van der Waals surface area contributed by atoms with Crippen molar-refractivity contribution in [3.05, 3.63) is 30.1 Å². The van der Waals surface area contributed by atoms with E-state index in [4.69, 9.17) is 4.74 Å². The molecule has 0 radical (unpaired) electrons. The van der Waals surface area contributed by atoms with Gasteiger partial charge in [-0.15, -0.1) is 0 Å². The van der Waals surface area contributed by atoms with E-state index in [2.05, 4.69) is 10.3 Å². The summed E-state index contributed by atoms with van der Waals surface area (Å²) in [4.78, 5) is 42.6. The van der Waals surface area contributed by atoms with Crippen LogP contribution in [0.4, 0.5) is 4.79 Å². The van der Waals surface area contributed by atoms with Crippen molar-refractivity contribution in [1.82, 2.24) is 20.1 Å². The third kappa shape index (κ3) is 3.88. The summed E-state index contributed by atoms with van der Waals surface area (Å²) >= 11 is 0. The van der Waals surface area contributed by atoms with Gasteiger partial charge in [-0.25, -0.2) is 4.79 Å². The molecular formula is C16H20N4O4. The molecule has 1 aromatic heterocycles. The number of nitrogens with zero attached hydrogens (tertiary/aromatic N) is 3.